The minimum absolute atomic E-state index is 0.509. The Morgan fingerprint density at radius 2 is 2.04 bits per heavy atom. The van der Waals surface area contributed by atoms with Gasteiger partial charge in [0, 0.05) is 23.8 Å². The average molecular weight is 391 g/mol. The first-order chi connectivity index (χ1) is 13.7. The second kappa shape index (κ2) is 7.17. The fourth-order valence-electron chi connectivity index (χ4n) is 4.60. The summed E-state index contributed by atoms with van der Waals surface area (Å²) in [7, 11) is 0. The Hall–Kier alpha value is -2.46. The van der Waals surface area contributed by atoms with Crippen LogP contribution in [0.5, 0.6) is 0 Å². The predicted octanol–water partition coefficient (Wildman–Crippen LogP) is 5.92. The number of hydrogen-bond acceptors (Lipinski definition) is 3. The van der Waals surface area contributed by atoms with Crippen molar-refractivity contribution >= 4 is 33.5 Å². The SMILES string of the molecule is Cc1cnc2cc(CCC3CCC(n4ccc5c(Cl)ncnc54)C3)ccc2c1. The first kappa shape index (κ1) is 17.6. The lowest BCUT2D eigenvalue weighted by Gasteiger charge is -2.14. The molecule has 0 spiro atoms. The number of pyridine rings is 1. The van der Waals surface area contributed by atoms with Crippen molar-refractivity contribution in [3.8, 4) is 0 Å². The number of benzene rings is 1. The summed E-state index contributed by atoms with van der Waals surface area (Å²) in [6.07, 6.45) is 11.6. The third-order valence-corrected chi connectivity index (χ3v) is 6.40. The van der Waals surface area contributed by atoms with Crippen molar-refractivity contribution in [3.63, 3.8) is 0 Å². The molecule has 4 nitrogen and oxygen atoms in total. The molecule has 0 aliphatic heterocycles. The lowest BCUT2D eigenvalue weighted by atomic mass is 9.97. The smallest absolute Gasteiger partial charge is 0.145 e. The molecule has 0 radical (unpaired) electrons. The average Bonchev–Trinajstić information content (AvgIpc) is 3.33. The Kier molecular flexibility index (Phi) is 4.52. The highest BCUT2D eigenvalue weighted by molar-refractivity contribution is 6.33. The zero-order valence-corrected chi connectivity index (χ0v) is 16.7. The summed E-state index contributed by atoms with van der Waals surface area (Å²) in [5.41, 5.74) is 4.66. The molecule has 3 aromatic heterocycles. The monoisotopic (exact) mass is 390 g/mol. The van der Waals surface area contributed by atoms with Crippen LogP contribution in [0, 0.1) is 12.8 Å². The van der Waals surface area contributed by atoms with Crippen LogP contribution >= 0.6 is 11.6 Å². The molecule has 0 N–H and O–H groups in total. The summed E-state index contributed by atoms with van der Waals surface area (Å²) in [4.78, 5) is 13.1. The third kappa shape index (κ3) is 3.26. The van der Waals surface area contributed by atoms with Crippen molar-refractivity contribution in [2.75, 3.05) is 0 Å². The van der Waals surface area contributed by atoms with Crippen LogP contribution in [0.3, 0.4) is 0 Å². The molecule has 1 fully saturated rings. The number of fused-ring (bicyclic) bond motifs is 2. The molecule has 0 bridgehead atoms. The van der Waals surface area contributed by atoms with Gasteiger partial charge in [-0.1, -0.05) is 23.7 Å². The highest BCUT2D eigenvalue weighted by Crippen LogP contribution is 2.39. The maximum atomic E-state index is 6.20. The number of halogens is 1. The largest absolute Gasteiger partial charge is 0.329 e. The summed E-state index contributed by atoms with van der Waals surface area (Å²) in [5.74, 6) is 0.751. The quantitative estimate of drug-likeness (QED) is 0.406. The summed E-state index contributed by atoms with van der Waals surface area (Å²) >= 11 is 6.20. The van der Waals surface area contributed by atoms with Gasteiger partial charge in [0.15, 0.2) is 0 Å². The Balaban J connectivity index is 1.26. The molecule has 2 unspecified atom stereocenters. The minimum atomic E-state index is 0.509. The molecular formula is C23H23ClN4. The van der Waals surface area contributed by atoms with Gasteiger partial charge in [0.25, 0.3) is 0 Å². The molecule has 5 heteroatoms. The molecule has 0 saturated heterocycles. The van der Waals surface area contributed by atoms with Crippen LogP contribution < -0.4 is 0 Å². The van der Waals surface area contributed by atoms with E-state index in [1.54, 1.807) is 6.33 Å². The standard InChI is InChI=1S/C23H23ClN4/c1-15-10-18-6-4-17(12-21(18)25-13-15)3-2-16-5-7-19(11-16)28-9-8-20-22(24)26-14-27-23(20)28/h4,6,8-10,12-14,16,19H,2-3,5,7,11H2,1H3. The molecule has 2 atom stereocenters. The van der Waals surface area contributed by atoms with Gasteiger partial charge in [-0.3, -0.25) is 4.98 Å². The fourth-order valence-corrected chi connectivity index (χ4v) is 4.79. The van der Waals surface area contributed by atoms with E-state index in [-0.39, 0.29) is 0 Å². The Morgan fingerprint density at radius 1 is 1.11 bits per heavy atom. The van der Waals surface area contributed by atoms with Gasteiger partial charge < -0.3 is 4.57 Å². The van der Waals surface area contributed by atoms with Crippen molar-refractivity contribution in [1.29, 1.82) is 0 Å². The second-order valence-corrected chi connectivity index (χ2v) is 8.39. The van der Waals surface area contributed by atoms with E-state index in [1.165, 1.54) is 42.2 Å². The number of aromatic nitrogens is 4. The van der Waals surface area contributed by atoms with E-state index in [2.05, 4.69) is 56.9 Å². The molecule has 28 heavy (non-hydrogen) atoms. The highest BCUT2D eigenvalue weighted by Gasteiger charge is 2.27. The van der Waals surface area contributed by atoms with E-state index in [0.717, 1.165) is 28.9 Å². The summed E-state index contributed by atoms with van der Waals surface area (Å²) in [6, 6.07) is 11.5. The van der Waals surface area contributed by atoms with Crippen LogP contribution in [0.4, 0.5) is 0 Å². The molecule has 1 aromatic carbocycles. The first-order valence-electron chi connectivity index (χ1n) is 10.00. The summed E-state index contributed by atoms with van der Waals surface area (Å²) in [5, 5.41) is 2.72. The van der Waals surface area contributed by atoms with E-state index in [9.17, 15) is 0 Å². The van der Waals surface area contributed by atoms with E-state index in [4.69, 9.17) is 11.6 Å². The van der Waals surface area contributed by atoms with Gasteiger partial charge in [-0.2, -0.15) is 0 Å². The molecule has 1 aliphatic carbocycles. The fraction of sp³-hybridized carbons (Fsp3) is 0.348. The molecule has 1 saturated carbocycles. The maximum absolute atomic E-state index is 6.20. The van der Waals surface area contributed by atoms with Crippen molar-refractivity contribution < 1.29 is 0 Å². The van der Waals surface area contributed by atoms with Gasteiger partial charge in [0.05, 0.1) is 10.9 Å². The topological polar surface area (TPSA) is 43.6 Å². The molecule has 0 amide bonds. The van der Waals surface area contributed by atoms with Crippen molar-refractivity contribution in [1.82, 2.24) is 19.5 Å². The van der Waals surface area contributed by atoms with E-state index in [1.807, 2.05) is 12.3 Å². The molecule has 5 rings (SSSR count). The Morgan fingerprint density at radius 3 is 2.96 bits per heavy atom. The lowest BCUT2D eigenvalue weighted by Crippen LogP contribution is -2.06. The lowest BCUT2D eigenvalue weighted by molar-refractivity contribution is 0.461. The molecule has 1 aliphatic rings. The summed E-state index contributed by atoms with van der Waals surface area (Å²) < 4.78 is 2.30. The summed E-state index contributed by atoms with van der Waals surface area (Å²) in [6.45, 7) is 2.09. The molecule has 142 valence electrons. The van der Waals surface area contributed by atoms with Crippen LogP contribution in [0.15, 0.2) is 49.1 Å². The Bertz CT molecular complexity index is 1150. The molecular weight excluding hydrogens is 368 g/mol. The number of nitrogens with zero attached hydrogens (tertiary/aromatic N) is 4. The van der Waals surface area contributed by atoms with Crippen LogP contribution in [0.1, 0.15) is 42.9 Å². The number of aryl methyl sites for hydroxylation is 2. The first-order valence-corrected chi connectivity index (χ1v) is 10.4. The zero-order chi connectivity index (χ0) is 19.1. The van der Waals surface area contributed by atoms with Crippen molar-refractivity contribution in [2.45, 2.75) is 45.1 Å². The molecule has 4 aromatic rings. The predicted molar refractivity (Wildman–Crippen MR) is 114 cm³/mol. The van der Waals surface area contributed by atoms with Crippen LogP contribution in [-0.2, 0) is 6.42 Å². The number of rotatable bonds is 4. The second-order valence-electron chi connectivity index (χ2n) is 8.04. The van der Waals surface area contributed by atoms with Crippen molar-refractivity contribution in [2.24, 2.45) is 5.92 Å². The third-order valence-electron chi connectivity index (χ3n) is 6.09. The van der Waals surface area contributed by atoms with Crippen LogP contribution in [0.2, 0.25) is 5.15 Å². The normalized spacial score (nSPS) is 19.6. The highest BCUT2D eigenvalue weighted by atomic mass is 35.5. The van der Waals surface area contributed by atoms with Gasteiger partial charge in [-0.25, -0.2) is 9.97 Å². The van der Waals surface area contributed by atoms with Gasteiger partial charge >= 0.3 is 0 Å². The van der Waals surface area contributed by atoms with Crippen LogP contribution in [0.25, 0.3) is 21.9 Å². The van der Waals surface area contributed by atoms with Crippen LogP contribution in [-0.4, -0.2) is 19.5 Å². The van der Waals surface area contributed by atoms with Crippen molar-refractivity contribution in [3.05, 3.63) is 65.3 Å². The van der Waals surface area contributed by atoms with E-state index < -0.39 is 0 Å². The van der Waals surface area contributed by atoms with E-state index in [0.29, 0.717) is 11.2 Å². The number of hydrogen-bond donors (Lipinski definition) is 0. The minimum Gasteiger partial charge on any atom is -0.329 e. The van der Waals surface area contributed by atoms with Gasteiger partial charge in [0.1, 0.15) is 17.1 Å². The van der Waals surface area contributed by atoms with Gasteiger partial charge in [0.2, 0.25) is 0 Å². The zero-order valence-electron chi connectivity index (χ0n) is 16.0. The van der Waals surface area contributed by atoms with Gasteiger partial charge in [-0.15, -0.1) is 0 Å². The maximum Gasteiger partial charge on any atom is 0.145 e. The Labute approximate surface area is 169 Å². The van der Waals surface area contributed by atoms with E-state index >= 15 is 0 Å². The molecule has 3 heterocycles. The van der Waals surface area contributed by atoms with Gasteiger partial charge in [-0.05, 0) is 74.3 Å².